The highest BCUT2D eigenvalue weighted by Gasteiger charge is 2.33. The van der Waals surface area contributed by atoms with E-state index in [1.807, 2.05) is 5.32 Å². The fourth-order valence-corrected chi connectivity index (χ4v) is 2.30. The first-order valence-corrected chi connectivity index (χ1v) is 9.03. The van der Waals surface area contributed by atoms with Gasteiger partial charge in [0.2, 0.25) is 17.7 Å². The molecule has 0 rings (SSSR count). The molecule has 6 unspecified atom stereocenters. The standard InChI is InChI=1S/C15H26N4O9S/c1-5(20)10(18-12(24)7(16)3-9(22)23)14(26)17-8(4-29)13(25)19-11(6(2)21)15(27)28/h5-8,10-11,20-21,29H,3-4,16H2,1-2H3,(H,17,26)(H,18,24)(H,19,25)(H,22,23)(H,27,28). The van der Waals surface area contributed by atoms with Crippen LogP contribution in [-0.4, -0.2) is 92.2 Å². The Hall–Kier alpha value is -2.42. The molecule has 0 saturated heterocycles. The maximum atomic E-state index is 12.4. The van der Waals surface area contributed by atoms with Gasteiger partial charge in [-0.2, -0.15) is 12.6 Å². The van der Waals surface area contributed by atoms with Crippen molar-refractivity contribution in [3.05, 3.63) is 0 Å². The number of aliphatic hydroxyl groups is 2. The molecule has 13 nitrogen and oxygen atoms in total. The van der Waals surface area contributed by atoms with E-state index in [9.17, 15) is 34.2 Å². The Morgan fingerprint density at radius 3 is 1.72 bits per heavy atom. The highest BCUT2D eigenvalue weighted by molar-refractivity contribution is 7.80. The van der Waals surface area contributed by atoms with E-state index < -0.39 is 72.5 Å². The van der Waals surface area contributed by atoms with Crippen molar-refractivity contribution in [2.24, 2.45) is 5.73 Å². The third-order valence-electron chi connectivity index (χ3n) is 3.66. The Balaban J connectivity index is 5.17. The van der Waals surface area contributed by atoms with Crippen molar-refractivity contribution < 1.29 is 44.4 Å². The number of carboxylic acids is 2. The van der Waals surface area contributed by atoms with E-state index in [1.165, 1.54) is 0 Å². The molecular weight excluding hydrogens is 412 g/mol. The first-order valence-electron chi connectivity index (χ1n) is 8.40. The van der Waals surface area contributed by atoms with Gasteiger partial charge in [-0.15, -0.1) is 0 Å². The lowest BCUT2D eigenvalue weighted by Gasteiger charge is -2.26. The Morgan fingerprint density at radius 1 is 0.862 bits per heavy atom. The molecule has 0 aromatic heterocycles. The van der Waals surface area contributed by atoms with Crippen molar-refractivity contribution in [1.82, 2.24) is 16.0 Å². The van der Waals surface area contributed by atoms with Crippen LogP contribution in [0.2, 0.25) is 0 Å². The van der Waals surface area contributed by atoms with E-state index in [4.69, 9.17) is 15.9 Å². The summed E-state index contributed by atoms with van der Waals surface area (Å²) in [5.41, 5.74) is 5.39. The highest BCUT2D eigenvalue weighted by atomic mass is 32.1. The normalized spacial score (nSPS) is 17.0. The third-order valence-corrected chi connectivity index (χ3v) is 4.02. The van der Waals surface area contributed by atoms with Crippen LogP contribution in [0.5, 0.6) is 0 Å². The molecule has 0 radical (unpaired) electrons. The molecular formula is C15H26N4O9S. The molecule has 0 aromatic rings. The molecule has 166 valence electrons. The fraction of sp³-hybridized carbons (Fsp3) is 0.667. The number of rotatable bonds is 12. The predicted octanol–water partition coefficient (Wildman–Crippen LogP) is -3.98. The molecule has 0 saturated carbocycles. The zero-order valence-electron chi connectivity index (χ0n) is 15.7. The number of hydrogen-bond acceptors (Lipinski definition) is 9. The number of nitrogens with two attached hydrogens (primary N) is 1. The molecule has 0 bridgehead atoms. The van der Waals surface area contributed by atoms with E-state index in [0.29, 0.717) is 0 Å². The average Bonchev–Trinajstić information content (AvgIpc) is 2.59. The van der Waals surface area contributed by atoms with Crippen LogP contribution >= 0.6 is 12.6 Å². The zero-order valence-corrected chi connectivity index (χ0v) is 16.6. The van der Waals surface area contributed by atoms with Crippen LogP contribution in [0.3, 0.4) is 0 Å². The number of carbonyl (C=O) groups excluding carboxylic acids is 3. The summed E-state index contributed by atoms with van der Waals surface area (Å²) in [5, 5.41) is 43.1. The quantitative estimate of drug-likeness (QED) is 0.134. The van der Waals surface area contributed by atoms with Crippen molar-refractivity contribution in [3.8, 4) is 0 Å². The van der Waals surface area contributed by atoms with Gasteiger partial charge in [-0.1, -0.05) is 0 Å². The van der Waals surface area contributed by atoms with Gasteiger partial charge in [0.05, 0.1) is 24.7 Å². The van der Waals surface area contributed by atoms with Crippen LogP contribution in [0.25, 0.3) is 0 Å². The van der Waals surface area contributed by atoms with Gasteiger partial charge in [0.15, 0.2) is 6.04 Å². The maximum Gasteiger partial charge on any atom is 0.328 e. The second-order valence-electron chi connectivity index (χ2n) is 6.24. The highest BCUT2D eigenvalue weighted by Crippen LogP contribution is 2.01. The lowest BCUT2D eigenvalue weighted by Crippen LogP contribution is -2.61. The van der Waals surface area contributed by atoms with Gasteiger partial charge in [-0.05, 0) is 13.8 Å². The molecule has 0 aliphatic rings. The van der Waals surface area contributed by atoms with Gasteiger partial charge in [-0.25, -0.2) is 4.79 Å². The number of thiol groups is 1. The first kappa shape index (κ1) is 26.6. The topological polar surface area (TPSA) is 228 Å². The summed E-state index contributed by atoms with van der Waals surface area (Å²) in [6.45, 7) is 2.31. The Morgan fingerprint density at radius 2 is 1.34 bits per heavy atom. The molecule has 0 aromatic carbocycles. The van der Waals surface area contributed by atoms with Crippen LogP contribution in [0, 0.1) is 0 Å². The van der Waals surface area contributed by atoms with Gasteiger partial charge in [0, 0.05) is 5.75 Å². The number of carbonyl (C=O) groups is 5. The molecule has 6 atom stereocenters. The molecule has 14 heteroatoms. The Kier molecular flexibility index (Phi) is 11.2. The van der Waals surface area contributed by atoms with E-state index in [1.54, 1.807) is 0 Å². The Labute approximate surface area is 171 Å². The number of amides is 3. The SMILES string of the molecule is CC(O)C(NC(=O)C(CS)NC(=O)C(NC(=O)C(N)CC(=O)O)C(C)O)C(=O)O. The monoisotopic (exact) mass is 438 g/mol. The largest absolute Gasteiger partial charge is 0.481 e. The van der Waals surface area contributed by atoms with Gasteiger partial charge in [-0.3, -0.25) is 19.2 Å². The van der Waals surface area contributed by atoms with Gasteiger partial charge < -0.3 is 42.1 Å². The van der Waals surface area contributed by atoms with E-state index in [-0.39, 0.29) is 5.75 Å². The van der Waals surface area contributed by atoms with E-state index in [2.05, 4.69) is 23.3 Å². The van der Waals surface area contributed by atoms with Crippen LogP contribution in [0.15, 0.2) is 0 Å². The summed E-state index contributed by atoms with van der Waals surface area (Å²) < 4.78 is 0. The van der Waals surface area contributed by atoms with Gasteiger partial charge in [0.1, 0.15) is 12.1 Å². The summed E-state index contributed by atoms with van der Waals surface area (Å²) in [4.78, 5) is 58.1. The predicted molar refractivity (Wildman–Crippen MR) is 101 cm³/mol. The molecule has 0 aliphatic heterocycles. The van der Waals surface area contributed by atoms with Crippen LogP contribution in [0.4, 0.5) is 0 Å². The Bertz CT molecular complexity index is 629. The smallest absolute Gasteiger partial charge is 0.328 e. The van der Waals surface area contributed by atoms with Crippen molar-refractivity contribution in [1.29, 1.82) is 0 Å². The number of hydrogen-bond donors (Lipinski definition) is 9. The minimum Gasteiger partial charge on any atom is -0.481 e. The van der Waals surface area contributed by atoms with E-state index in [0.717, 1.165) is 13.8 Å². The molecule has 29 heavy (non-hydrogen) atoms. The fourth-order valence-electron chi connectivity index (χ4n) is 2.04. The number of aliphatic carboxylic acids is 2. The first-order chi connectivity index (χ1) is 13.3. The van der Waals surface area contributed by atoms with Crippen molar-refractivity contribution >= 4 is 42.3 Å². The molecule has 0 heterocycles. The van der Waals surface area contributed by atoms with Gasteiger partial charge in [0.25, 0.3) is 0 Å². The molecule has 3 amide bonds. The van der Waals surface area contributed by atoms with Crippen molar-refractivity contribution in [2.75, 3.05) is 5.75 Å². The minimum absolute atomic E-state index is 0.275. The molecule has 9 N–H and O–H groups in total. The van der Waals surface area contributed by atoms with Crippen LogP contribution in [0.1, 0.15) is 20.3 Å². The van der Waals surface area contributed by atoms with Crippen molar-refractivity contribution in [2.45, 2.75) is 56.6 Å². The van der Waals surface area contributed by atoms with Crippen molar-refractivity contribution in [3.63, 3.8) is 0 Å². The second-order valence-corrected chi connectivity index (χ2v) is 6.61. The summed E-state index contributed by atoms with van der Waals surface area (Å²) in [7, 11) is 0. The maximum absolute atomic E-state index is 12.4. The molecule has 0 aliphatic carbocycles. The zero-order chi connectivity index (χ0) is 22.9. The minimum atomic E-state index is -1.64. The number of carboxylic acid groups (broad SMARTS) is 2. The lowest BCUT2D eigenvalue weighted by molar-refractivity contribution is -0.145. The van der Waals surface area contributed by atoms with E-state index >= 15 is 0 Å². The summed E-state index contributed by atoms with van der Waals surface area (Å²) in [6, 6.07) is -6.06. The summed E-state index contributed by atoms with van der Waals surface area (Å²) in [5.74, 6) is -6.13. The van der Waals surface area contributed by atoms with Crippen LogP contribution < -0.4 is 21.7 Å². The molecule has 0 spiro atoms. The number of aliphatic hydroxyl groups excluding tert-OH is 2. The van der Waals surface area contributed by atoms with Crippen LogP contribution in [-0.2, 0) is 24.0 Å². The molecule has 0 fully saturated rings. The van der Waals surface area contributed by atoms with Gasteiger partial charge >= 0.3 is 11.9 Å². The third kappa shape index (κ3) is 9.08. The summed E-state index contributed by atoms with van der Waals surface area (Å²) in [6.07, 6.45) is -3.57. The number of nitrogens with one attached hydrogen (secondary N) is 3. The lowest BCUT2D eigenvalue weighted by atomic mass is 10.1. The summed E-state index contributed by atoms with van der Waals surface area (Å²) >= 11 is 3.90. The second kappa shape index (κ2) is 12.2. The average molecular weight is 438 g/mol.